The molecule has 0 spiro atoms. The molecule has 1 fully saturated rings. The van der Waals surface area contributed by atoms with Gasteiger partial charge < -0.3 is 14.6 Å². The summed E-state index contributed by atoms with van der Waals surface area (Å²) in [7, 11) is 3.13. The molecule has 0 aliphatic carbocycles. The van der Waals surface area contributed by atoms with Crippen LogP contribution in [-0.4, -0.2) is 47.8 Å². The summed E-state index contributed by atoms with van der Waals surface area (Å²) in [5.74, 6) is -0.156. The fraction of sp³-hybridized carbons (Fsp3) is 0.190. The van der Waals surface area contributed by atoms with E-state index in [1.807, 2.05) is 22.6 Å². The monoisotopic (exact) mass is 538 g/mol. The molecule has 2 aromatic rings. The van der Waals surface area contributed by atoms with Crippen molar-refractivity contribution in [1.82, 2.24) is 4.90 Å². The standard InChI is InChI=1S/C21H19IN2O5S/c1-4-29-20(27)13-5-7-14(8-6-13)23-21-24(2)19(26)17(30-21)11-12-9-15(22)18(25)16(10-12)28-3/h5-11,25H,4H2,1-3H3. The largest absolute Gasteiger partial charge is 0.504 e. The number of thioether (sulfide) groups is 1. The molecule has 0 unspecified atom stereocenters. The highest BCUT2D eigenvalue weighted by atomic mass is 127. The van der Waals surface area contributed by atoms with Crippen LogP contribution in [0.15, 0.2) is 46.3 Å². The minimum atomic E-state index is -0.386. The minimum Gasteiger partial charge on any atom is -0.504 e. The molecule has 0 radical (unpaired) electrons. The van der Waals surface area contributed by atoms with Crippen LogP contribution in [0.3, 0.4) is 0 Å². The zero-order chi connectivity index (χ0) is 21.8. The molecular weight excluding hydrogens is 519 g/mol. The zero-order valence-electron chi connectivity index (χ0n) is 16.5. The summed E-state index contributed by atoms with van der Waals surface area (Å²) in [6.07, 6.45) is 1.74. The van der Waals surface area contributed by atoms with Crippen molar-refractivity contribution in [2.24, 2.45) is 4.99 Å². The Labute approximate surface area is 191 Å². The van der Waals surface area contributed by atoms with Gasteiger partial charge in [-0.25, -0.2) is 9.79 Å². The third kappa shape index (κ3) is 4.78. The average molecular weight is 538 g/mol. The van der Waals surface area contributed by atoms with Crippen molar-refractivity contribution in [2.45, 2.75) is 6.92 Å². The van der Waals surface area contributed by atoms with Crippen LogP contribution < -0.4 is 4.74 Å². The van der Waals surface area contributed by atoms with Gasteiger partial charge in [-0.3, -0.25) is 9.69 Å². The highest BCUT2D eigenvalue weighted by molar-refractivity contribution is 14.1. The molecule has 1 amide bonds. The van der Waals surface area contributed by atoms with Gasteiger partial charge in [0.25, 0.3) is 5.91 Å². The fourth-order valence-corrected chi connectivity index (χ4v) is 4.24. The molecule has 1 aliphatic rings. The number of amidine groups is 1. The van der Waals surface area contributed by atoms with Crippen molar-refractivity contribution < 1.29 is 24.2 Å². The average Bonchev–Trinajstić information content (AvgIpc) is 2.99. The summed E-state index contributed by atoms with van der Waals surface area (Å²) in [5, 5.41) is 10.5. The molecular formula is C21H19IN2O5S. The van der Waals surface area contributed by atoms with Crippen molar-refractivity contribution in [3.8, 4) is 11.5 Å². The first-order valence-corrected chi connectivity index (χ1v) is 10.8. The molecule has 0 aromatic heterocycles. The van der Waals surface area contributed by atoms with E-state index in [4.69, 9.17) is 9.47 Å². The molecule has 1 aliphatic heterocycles. The number of ether oxygens (including phenoxy) is 2. The number of esters is 1. The van der Waals surface area contributed by atoms with Crippen molar-refractivity contribution in [3.63, 3.8) is 0 Å². The molecule has 156 valence electrons. The van der Waals surface area contributed by atoms with E-state index >= 15 is 0 Å². The zero-order valence-corrected chi connectivity index (χ0v) is 19.5. The lowest BCUT2D eigenvalue weighted by Gasteiger charge is -2.08. The maximum Gasteiger partial charge on any atom is 0.338 e. The van der Waals surface area contributed by atoms with Gasteiger partial charge in [-0.15, -0.1) is 0 Å². The van der Waals surface area contributed by atoms with Crippen molar-refractivity contribution in [2.75, 3.05) is 20.8 Å². The Bertz CT molecular complexity index is 1050. The Hall–Kier alpha value is -2.53. The number of phenolic OH excluding ortho intramolecular Hbond substituents is 1. The maximum absolute atomic E-state index is 12.6. The summed E-state index contributed by atoms with van der Waals surface area (Å²) >= 11 is 3.26. The molecule has 3 rings (SSSR count). The van der Waals surface area contributed by atoms with Crippen LogP contribution in [0, 0.1) is 3.57 Å². The number of rotatable bonds is 5. The molecule has 9 heteroatoms. The molecule has 30 heavy (non-hydrogen) atoms. The molecule has 1 N–H and O–H groups in total. The van der Waals surface area contributed by atoms with Gasteiger partial charge in [-0.05, 0) is 89.3 Å². The maximum atomic E-state index is 12.6. The van der Waals surface area contributed by atoms with Crippen LogP contribution in [0.4, 0.5) is 5.69 Å². The Morgan fingerprint density at radius 1 is 1.30 bits per heavy atom. The number of hydrogen-bond donors (Lipinski definition) is 1. The van der Waals surface area contributed by atoms with Crippen molar-refractivity contribution in [1.29, 1.82) is 0 Å². The highest BCUT2D eigenvalue weighted by Gasteiger charge is 2.30. The van der Waals surface area contributed by atoms with Crippen LogP contribution in [0.1, 0.15) is 22.8 Å². The molecule has 0 saturated carbocycles. The van der Waals surface area contributed by atoms with Crippen LogP contribution >= 0.6 is 34.4 Å². The van der Waals surface area contributed by atoms with E-state index in [2.05, 4.69) is 4.99 Å². The lowest BCUT2D eigenvalue weighted by atomic mass is 10.2. The number of methoxy groups -OCH3 is 1. The van der Waals surface area contributed by atoms with E-state index in [9.17, 15) is 14.7 Å². The Morgan fingerprint density at radius 3 is 2.63 bits per heavy atom. The van der Waals surface area contributed by atoms with Gasteiger partial charge >= 0.3 is 5.97 Å². The number of nitrogens with zero attached hydrogens (tertiary/aromatic N) is 2. The van der Waals surface area contributed by atoms with Gasteiger partial charge in [-0.1, -0.05) is 0 Å². The van der Waals surface area contributed by atoms with Gasteiger partial charge in [0, 0.05) is 7.05 Å². The van der Waals surface area contributed by atoms with Gasteiger partial charge in [0.1, 0.15) is 0 Å². The SMILES string of the molecule is CCOC(=O)c1ccc(N=C2SC(=Cc3cc(I)c(O)c(OC)c3)C(=O)N2C)cc1. The number of hydrogen-bond acceptors (Lipinski definition) is 7. The number of benzene rings is 2. The topological polar surface area (TPSA) is 88.4 Å². The summed E-state index contributed by atoms with van der Waals surface area (Å²) in [4.78, 5) is 30.9. The molecule has 0 bridgehead atoms. The number of aromatic hydroxyl groups is 1. The van der Waals surface area contributed by atoms with E-state index in [0.29, 0.717) is 37.3 Å². The molecule has 2 aromatic carbocycles. The van der Waals surface area contributed by atoms with Crippen LogP contribution in [-0.2, 0) is 9.53 Å². The molecule has 7 nitrogen and oxygen atoms in total. The Kier molecular flexibility index (Phi) is 7.03. The normalized spacial score (nSPS) is 16.4. The van der Waals surface area contributed by atoms with E-state index in [1.165, 1.54) is 23.8 Å². The fourth-order valence-electron chi connectivity index (χ4n) is 2.63. The van der Waals surface area contributed by atoms with Gasteiger partial charge in [-0.2, -0.15) is 0 Å². The van der Waals surface area contributed by atoms with Gasteiger partial charge in [0.15, 0.2) is 16.7 Å². The van der Waals surface area contributed by atoms with Crippen LogP contribution in [0.5, 0.6) is 11.5 Å². The second kappa shape index (κ2) is 9.52. The predicted octanol–water partition coefficient (Wildman–Crippen LogP) is 4.42. The summed E-state index contributed by atoms with van der Waals surface area (Å²) in [6.45, 7) is 2.07. The van der Waals surface area contributed by atoms with Gasteiger partial charge in [0.05, 0.1) is 33.4 Å². The second-order valence-corrected chi connectivity index (χ2v) is 8.36. The number of likely N-dealkylation sites (N-methyl/N-ethyl adjacent to an activating group) is 1. The third-order valence-corrected chi connectivity index (χ3v) is 6.06. The molecule has 0 atom stereocenters. The first-order chi connectivity index (χ1) is 14.3. The minimum absolute atomic E-state index is 0.0660. The van der Waals surface area contributed by atoms with Crippen LogP contribution in [0.25, 0.3) is 6.08 Å². The first-order valence-electron chi connectivity index (χ1n) is 8.94. The summed E-state index contributed by atoms with van der Waals surface area (Å²) < 4.78 is 10.8. The van der Waals surface area contributed by atoms with E-state index in [0.717, 1.165) is 5.56 Å². The van der Waals surface area contributed by atoms with E-state index in [-0.39, 0.29) is 17.6 Å². The highest BCUT2D eigenvalue weighted by Crippen LogP contribution is 2.36. The lowest BCUT2D eigenvalue weighted by Crippen LogP contribution is -2.23. The molecule has 1 saturated heterocycles. The summed E-state index contributed by atoms with van der Waals surface area (Å²) in [5.41, 5.74) is 1.80. The number of phenols is 1. The lowest BCUT2D eigenvalue weighted by molar-refractivity contribution is -0.121. The summed E-state index contributed by atoms with van der Waals surface area (Å²) in [6, 6.07) is 10.1. The second-order valence-electron chi connectivity index (χ2n) is 6.19. The number of aliphatic imine (C=N–C) groups is 1. The Morgan fingerprint density at radius 2 is 2.00 bits per heavy atom. The van der Waals surface area contributed by atoms with Crippen molar-refractivity contribution >= 4 is 63.2 Å². The van der Waals surface area contributed by atoms with E-state index < -0.39 is 0 Å². The molecule has 1 heterocycles. The number of halogens is 1. The van der Waals surface area contributed by atoms with Crippen LogP contribution in [0.2, 0.25) is 0 Å². The number of carbonyl (C=O) groups excluding carboxylic acids is 2. The van der Waals surface area contributed by atoms with Gasteiger partial charge in [0.2, 0.25) is 0 Å². The predicted molar refractivity (Wildman–Crippen MR) is 125 cm³/mol. The number of amides is 1. The van der Waals surface area contributed by atoms with E-state index in [1.54, 1.807) is 56.4 Å². The number of carbonyl (C=O) groups is 2. The Balaban J connectivity index is 1.85. The van der Waals surface area contributed by atoms with Crippen molar-refractivity contribution in [3.05, 3.63) is 56.0 Å². The third-order valence-electron chi connectivity index (χ3n) is 4.18. The quantitative estimate of drug-likeness (QED) is 0.345. The smallest absolute Gasteiger partial charge is 0.338 e. The first kappa shape index (κ1) is 22.2.